The number of aliphatic hydroxyl groups excluding tert-OH is 7. The molecule has 23 nitrogen and oxygen atoms in total. The van der Waals surface area contributed by atoms with E-state index in [9.17, 15) is 35.7 Å². The van der Waals surface area contributed by atoms with Gasteiger partial charge < -0.3 is 54.7 Å². The normalized spacial score (nSPS) is 44.3. The zero-order chi connectivity index (χ0) is 30.3. The van der Waals surface area contributed by atoms with Crippen molar-refractivity contribution in [3.8, 4) is 0 Å². The zero-order valence-electron chi connectivity index (χ0n) is 20.9. The number of rotatable bonds is 10. The SMILES string of the molecule is [N-]=[N+]=NCC1O[C@H](O[C@@H]2C(N=[N+]=[N-])C[C@@H](N=[N+]=[N-])[C@@H](OC3O[C@H](CO)[C@@H](O)C(N=[N+]=[N-])[C@H]3O)C2O)C(O)C(O)[C@@H]1O. The smallest absolute Gasteiger partial charge is 0.186 e. The topological polar surface area (TPSA) is 374 Å². The lowest BCUT2D eigenvalue weighted by Crippen LogP contribution is -2.65. The molecule has 15 atom stereocenters. The van der Waals surface area contributed by atoms with Crippen molar-refractivity contribution in [3.63, 3.8) is 0 Å². The third-order valence-corrected chi connectivity index (χ3v) is 6.92. The Balaban J connectivity index is 1.91. The summed E-state index contributed by atoms with van der Waals surface area (Å²) in [6.45, 7) is -1.26. The van der Waals surface area contributed by atoms with Crippen LogP contribution in [0, 0.1) is 0 Å². The molecule has 2 saturated heterocycles. The molecule has 7 unspecified atom stereocenters. The first-order chi connectivity index (χ1) is 19.6. The summed E-state index contributed by atoms with van der Waals surface area (Å²) >= 11 is 0. The molecule has 226 valence electrons. The molecule has 0 bridgehead atoms. The van der Waals surface area contributed by atoms with E-state index in [4.69, 9.17) is 41.1 Å². The van der Waals surface area contributed by atoms with Crippen molar-refractivity contribution in [3.05, 3.63) is 41.8 Å². The number of hydrogen-bond donors (Lipinski definition) is 7. The van der Waals surface area contributed by atoms with Gasteiger partial charge in [-0.2, -0.15) is 0 Å². The number of aliphatic hydroxyl groups is 7. The molecule has 0 aromatic carbocycles. The third-order valence-electron chi connectivity index (χ3n) is 6.92. The molecule has 3 rings (SSSR count). The van der Waals surface area contributed by atoms with E-state index in [0.717, 1.165) is 0 Å². The number of azide groups is 4. The monoisotopic (exact) mass is 588 g/mol. The van der Waals surface area contributed by atoms with E-state index in [0.29, 0.717) is 0 Å². The van der Waals surface area contributed by atoms with Crippen LogP contribution in [-0.4, -0.2) is 141 Å². The molecule has 2 aliphatic heterocycles. The van der Waals surface area contributed by atoms with Crippen molar-refractivity contribution in [2.24, 2.45) is 20.5 Å². The maximum Gasteiger partial charge on any atom is 0.186 e. The molecule has 41 heavy (non-hydrogen) atoms. The molecule has 0 radical (unpaired) electrons. The Morgan fingerprint density at radius 3 is 1.68 bits per heavy atom. The predicted octanol–water partition coefficient (Wildman–Crippen LogP) is -1.89. The standard InChI is InChI=1S/C18H28N12O11/c19-27-23-2-6-10(33)12(35)13(36)18(38-6)41-16-5(25-29-21)1-4(24-28-20)15(14(16)37)40-17-11(34)8(26-30-22)9(32)7(3-31)39-17/h4-18,31-37H,1-3H2/t4-,5?,6?,7-,8?,9-,10-,11-,12?,13?,14?,15-,16-,17?,18-/m1/s1. The summed E-state index contributed by atoms with van der Waals surface area (Å²) in [4.78, 5) is 10.5. The van der Waals surface area contributed by atoms with E-state index in [-0.39, 0.29) is 6.42 Å². The van der Waals surface area contributed by atoms with Gasteiger partial charge in [-0.3, -0.25) is 0 Å². The first-order valence-electron chi connectivity index (χ1n) is 12.1. The highest BCUT2D eigenvalue weighted by atomic mass is 16.7. The summed E-state index contributed by atoms with van der Waals surface area (Å²) in [7, 11) is 0. The second-order valence-corrected chi connectivity index (χ2v) is 9.30. The van der Waals surface area contributed by atoms with Crippen molar-refractivity contribution in [1.29, 1.82) is 0 Å². The van der Waals surface area contributed by atoms with Gasteiger partial charge in [-0.05, 0) is 28.5 Å². The Hall–Kier alpha value is -3.20. The first-order valence-corrected chi connectivity index (χ1v) is 12.1. The van der Waals surface area contributed by atoms with Gasteiger partial charge in [0.25, 0.3) is 0 Å². The Labute approximate surface area is 228 Å². The Morgan fingerprint density at radius 2 is 1.17 bits per heavy atom. The molecule has 7 N–H and O–H groups in total. The van der Waals surface area contributed by atoms with Gasteiger partial charge in [0, 0.05) is 19.6 Å². The molecule has 1 saturated carbocycles. The molecule has 0 aromatic heterocycles. The number of nitrogens with zero attached hydrogens (tertiary/aromatic N) is 12. The van der Waals surface area contributed by atoms with E-state index in [1.807, 2.05) is 0 Å². The maximum absolute atomic E-state index is 11.3. The van der Waals surface area contributed by atoms with Crippen LogP contribution in [0.3, 0.4) is 0 Å². The van der Waals surface area contributed by atoms with E-state index in [1.165, 1.54) is 0 Å². The van der Waals surface area contributed by atoms with E-state index >= 15 is 0 Å². The van der Waals surface area contributed by atoms with Gasteiger partial charge in [0.05, 0.1) is 55.7 Å². The molecular formula is C18H28N12O11. The Bertz CT molecular complexity index is 1100. The quantitative estimate of drug-likeness (QED) is 0.0840. The average molecular weight is 588 g/mol. The van der Waals surface area contributed by atoms with Gasteiger partial charge in [0.15, 0.2) is 12.6 Å². The van der Waals surface area contributed by atoms with Gasteiger partial charge in [0.2, 0.25) is 0 Å². The van der Waals surface area contributed by atoms with Crippen LogP contribution < -0.4 is 0 Å². The van der Waals surface area contributed by atoms with Gasteiger partial charge in [0.1, 0.15) is 36.6 Å². The lowest BCUT2D eigenvalue weighted by atomic mass is 9.84. The van der Waals surface area contributed by atoms with Crippen LogP contribution in [0.15, 0.2) is 20.5 Å². The molecule has 0 aromatic rings. The first kappa shape index (κ1) is 32.3. The molecule has 3 fully saturated rings. The van der Waals surface area contributed by atoms with Crippen LogP contribution in [0.25, 0.3) is 41.8 Å². The fourth-order valence-corrected chi connectivity index (χ4v) is 4.84. The van der Waals surface area contributed by atoms with Crippen molar-refractivity contribution >= 4 is 0 Å². The number of ether oxygens (including phenoxy) is 4. The molecule has 1 aliphatic carbocycles. The minimum atomic E-state index is -1.90. The maximum atomic E-state index is 11.3. The van der Waals surface area contributed by atoms with E-state index < -0.39 is 105 Å². The predicted molar refractivity (Wildman–Crippen MR) is 128 cm³/mol. The van der Waals surface area contributed by atoms with Gasteiger partial charge in [-0.25, -0.2) is 0 Å². The van der Waals surface area contributed by atoms with Crippen molar-refractivity contribution in [2.45, 2.75) is 98.2 Å². The van der Waals surface area contributed by atoms with Crippen molar-refractivity contribution in [2.75, 3.05) is 13.2 Å². The summed E-state index contributed by atoms with van der Waals surface area (Å²) in [6.07, 6.45) is -20.6. The van der Waals surface area contributed by atoms with Crippen LogP contribution >= 0.6 is 0 Å². The zero-order valence-corrected chi connectivity index (χ0v) is 20.9. The van der Waals surface area contributed by atoms with Crippen LogP contribution in [0.2, 0.25) is 0 Å². The summed E-state index contributed by atoms with van der Waals surface area (Å²) in [6, 6.07) is -4.13. The Morgan fingerprint density at radius 1 is 0.634 bits per heavy atom. The third kappa shape index (κ3) is 7.00. The molecule has 0 amide bonds. The van der Waals surface area contributed by atoms with E-state index in [2.05, 4.69) is 40.1 Å². The molecule has 3 aliphatic rings. The van der Waals surface area contributed by atoms with Gasteiger partial charge in [-0.15, -0.1) is 0 Å². The summed E-state index contributed by atoms with van der Waals surface area (Å²) in [5, 5.41) is 86.3. The largest absolute Gasteiger partial charge is 0.394 e. The summed E-state index contributed by atoms with van der Waals surface area (Å²) < 4.78 is 22.2. The fourth-order valence-electron chi connectivity index (χ4n) is 4.84. The Kier molecular flexibility index (Phi) is 11.5. The lowest BCUT2D eigenvalue weighted by Gasteiger charge is -2.47. The van der Waals surface area contributed by atoms with Gasteiger partial charge in [-0.1, -0.05) is 20.5 Å². The molecule has 2 heterocycles. The highest BCUT2D eigenvalue weighted by molar-refractivity contribution is 5.04. The van der Waals surface area contributed by atoms with Crippen LogP contribution in [-0.2, 0) is 18.9 Å². The second-order valence-electron chi connectivity index (χ2n) is 9.30. The summed E-state index contributed by atoms with van der Waals surface area (Å²) in [5.41, 5.74) is 35.6. The van der Waals surface area contributed by atoms with Crippen LogP contribution in [0.5, 0.6) is 0 Å². The van der Waals surface area contributed by atoms with Crippen LogP contribution in [0.4, 0.5) is 0 Å². The molecular weight excluding hydrogens is 560 g/mol. The molecule has 0 spiro atoms. The lowest BCUT2D eigenvalue weighted by molar-refractivity contribution is -0.331. The highest BCUT2D eigenvalue weighted by Crippen LogP contribution is 2.35. The fraction of sp³-hybridized carbons (Fsp3) is 1.00. The average Bonchev–Trinajstić information content (AvgIpc) is 2.95. The second kappa shape index (κ2) is 14.6. The van der Waals surface area contributed by atoms with Crippen LogP contribution in [0.1, 0.15) is 6.42 Å². The summed E-state index contributed by atoms with van der Waals surface area (Å²) in [5.74, 6) is 0. The molecule has 23 heteroatoms. The van der Waals surface area contributed by atoms with Crippen molar-refractivity contribution < 1.29 is 54.7 Å². The van der Waals surface area contributed by atoms with Crippen molar-refractivity contribution in [1.82, 2.24) is 0 Å². The van der Waals surface area contributed by atoms with Gasteiger partial charge >= 0.3 is 0 Å². The minimum absolute atomic E-state index is 0.328. The number of hydrogen-bond acceptors (Lipinski definition) is 15. The highest BCUT2D eigenvalue weighted by Gasteiger charge is 2.53. The van der Waals surface area contributed by atoms with E-state index in [1.54, 1.807) is 0 Å². The minimum Gasteiger partial charge on any atom is -0.394 e.